The van der Waals surface area contributed by atoms with Crippen LogP contribution in [-0.2, 0) is 11.2 Å². The van der Waals surface area contributed by atoms with E-state index in [9.17, 15) is 4.79 Å². The van der Waals surface area contributed by atoms with Crippen molar-refractivity contribution in [1.82, 2.24) is 4.90 Å². The third kappa shape index (κ3) is 3.65. The highest BCUT2D eigenvalue weighted by atomic mass is 16.5. The van der Waals surface area contributed by atoms with E-state index in [-0.39, 0.29) is 6.09 Å². The van der Waals surface area contributed by atoms with Crippen molar-refractivity contribution in [1.29, 1.82) is 0 Å². The third-order valence-electron chi connectivity index (χ3n) is 3.98. The van der Waals surface area contributed by atoms with Gasteiger partial charge in [0.2, 0.25) is 0 Å². The first-order valence-corrected chi connectivity index (χ1v) is 7.22. The minimum Gasteiger partial charge on any atom is -0.497 e. The molecule has 1 aliphatic carbocycles. The number of benzene rings is 1. The normalized spacial score (nSPS) is 15.1. The number of amides is 1. The first-order chi connectivity index (χ1) is 9.74. The lowest BCUT2D eigenvalue weighted by molar-refractivity contribution is 0.106. The van der Waals surface area contributed by atoms with Gasteiger partial charge < -0.3 is 14.4 Å². The van der Waals surface area contributed by atoms with Gasteiger partial charge in [-0.1, -0.05) is 25.0 Å². The van der Waals surface area contributed by atoms with Crippen molar-refractivity contribution in [3.05, 3.63) is 29.8 Å². The van der Waals surface area contributed by atoms with Crippen molar-refractivity contribution < 1.29 is 14.3 Å². The monoisotopic (exact) mass is 277 g/mol. The number of nitrogens with zero attached hydrogens (tertiary/aromatic N) is 1. The van der Waals surface area contributed by atoms with E-state index < -0.39 is 0 Å². The molecule has 0 atom stereocenters. The second-order valence-corrected chi connectivity index (χ2v) is 5.20. The summed E-state index contributed by atoms with van der Waals surface area (Å²) < 4.78 is 10.1. The van der Waals surface area contributed by atoms with Crippen molar-refractivity contribution >= 4 is 6.09 Å². The van der Waals surface area contributed by atoms with Gasteiger partial charge in [-0.25, -0.2) is 4.79 Å². The van der Waals surface area contributed by atoms with Crippen LogP contribution in [0.2, 0.25) is 0 Å². The summed E-state index contributed by atoms with van der Waals surface area (Å²) >= 11 is 0. The van der Waals surface area contributed by atoms with E-state index in [0.717, 1.165) is 25.0 Å². The molecule has 0 heterocycles. The molecule has 1 amide bonds. The second kappa shape index (κ2) is 7.17. The zero-order valence-corrected chi connectivity index (χ0v) is 12.3. The van der Waals surface area contributed by atoms with E-state index in [1.54, 1.807) is 7.11 Å². The zero-order valence-electron chi connectivity index (χ0n) is 12.3. The molecule has 4 nitrogen and oxygen atoms in total. The largest absolute Gasteiger partial charge is 0.497 e. The first-order valence-electron chi connectivity index (χ1n) is 7.22. The summed E-state index contributed by atoms with van der Waals surface area (Å²) in [5, 5.41) is 0. The molecule has 0 saturated heterocycles. The predicted octanol–water partition coefficient (Wildman–Crippen LogP) is 3.25. The van der Waals surface area contributed by atoms with E-state index >= 15 is 0 Å². The standard InChI is InChI=1S/C16H23NO3/c1-19-15-9-7-13(8-10-15)11-12-17(16(18)20-2)14-5-3-4-6-14/h7-10,14H,3-6,11-12H2,1-2H3. The van der Waals surface area contributed by atoms with E-state index in [1.807, 2.05) is 29.2 Å². The molecule has 2 rings (SSSR count). The summed E-state index contributed by atoms with van der Waals surface area (Å²) in [4.78, 5) is 13.8. The summed E-state index contributed by atoms with van der Waals surface area (Å²) in [7, 11) is 3.12. The zero-order chi connectivity index (χ0) is 14.4. The van der Waals surface area contributed by atoms with Crippen molar-refractivity contribution in [2.24, 2.45) is 0 Å². The van der Waals surface area contributed by atoms with E-state index in [1.165, 1.54) is 25.5 Å². The molecule has 110 valence electrons. The third-order valence-corrected chi connectivity index (χ3v) is 3.98. The molecule has 1 aromatic carbocycles. The summed E-state index contributed by atoms with van der Waals surface area (Å²) in [6.07, 6.45) is 5.25. The van der Waals surface area contributed by atoms with Gasteiger partial charge in [-0.3, -0.25) is 0 Å². The molecule has 0 unspecified atom stereocenters. The molecule has 4 heteroatoms. The Morgan fingerprint density at radius 1 is 1.20 bits per heavy atom. The number of rotatable bonds is 5. The smallest absolute Gasteiger partial charge is 0.409 e. The molecule has 1 aromatic rings. The Bertz CT molecular complexity index is 424. The maximum atomic E-state index is 11.9. The van der Waals surface area contributed by atoms with Crippen LogP contribution in [0.5, 0.6) is 5.75 Å². The Hall–Kier alpha value is -1.71. The van der Waals surface area contributed by atoms with Gasteiger partial charge in [0, 0.05) is 12.6 Å². The Kier molecular flexibility index (Phi) is 5.27. The average Bonchev–Trinajstić information content (AvgIpc) is 3.02. The van der Waals surface area contributed by atoms with Gasteiger partial charge >= 0.3 is 6.09 Å². The van der Waals surface area contributed by atoms with Gasteiger partial charge in [-0.2, -0.15) is 0 Å². The Balaban J connectivity index is 1.94. The fourth-order valence-electron chi connectivity index (χ4n) is 2.80. The maximum Gasteiger partial charge on any atom is 0.409 e. The quantitative estimate of drug-likeness (QED) is 0.829. The lowest BCUT2D eigenvalue weighted by Crippen LogP contribution is -2.40. The lowest BCUT2D eigenvalue weighted by Gasteiger charge is -2.27. The van der Waals surface area contributed by atoms with Gasteiger partial charge in [0.25, 0.3) is 0 Å². The molecule has 1 fully saturated rings. The Morgan fingerprint density at radius 3 is 2.40 bits per heavy atom. The van der Waals surface area contributed by atoms with E-state index in [2.05, 4.69) is 0 Å². The average molecular weight is 277 g/mol. The summed E-state index contributed by atoms with van der Waals surface area (Å²) in [6, 6.07) is 8.34. The molecule has 1 aliphatic rings. The van der Waals surface area contributed by atoms with E-state index in [0.29, 0.717) is 12.6 Å². The van der Waals surface area contributed by atoms with Crippen LogP contribution >= 0.6 is 0 Å². The highest BCUT2D eigenvalue weighted by molar-refractivity contribution is 5.67. The highest BCUT2D eigenvalue weighted by Gasteiger charge is 2.26. The lowest BCUT2D eigenvalue weighted by atomic mass is 10.1. The minimum atomic E-state index is -0.203. The molecule has 0 spiro atoms. The number of hydrogen-bond acceptors (Lipinski definition) is 3. The Morgan fingerprint density at radius 2 is 1.85 bits per heavy atom. The van der Waals surface area contributed by atoms with Gasteiger partial charge in [0.15, 0.2) is 0 Å². The van der Waals surface area contributed by atoms with Crippen LogP contribution in [0.1, 0.15) is 31.2 Å². The predicted molar refractivity (Wildman–Crippen MR) is 78.1 cm³/mol. The second-order valence-electron chi connectivity index (χ2n) is 5.20. The van der Waals surface area contributed by atoms with Crippen molar-refractivity contribution in [2.75, 3.05) is 20.8 Å². The van der Waals surface area contributed by atoms with E-state index in [4.69, 9.17) is 9.47 Å². The van der Waals surface area contributed by atoms with Crippen molar-refractivity contribution in [3.8, 4) is 5.75 Å². The van der Waals surface area contributed by atoms with Crippen molar-refractivity contribution in [2.45, 2.75) is 38.1 Å². The van der Waals surface area contributed by atoms with Gasteiger partial charge in [0.05, 0.1) is 14.2 Å². The molecule has 20 heavy (non-hydrogen) atoms. The summed E-state index contributed by atoms with van der Waals surface area (Å²) in [5.74, 6) is 0.856. The molecule has 1 saturated carbocycles. The number of hydrogen-bond donors (Lipinski definition) is 0. The highest BCUT2D eigenvalue weighted by Crippen LogP contribution is 2.24. The van der Waals surface area contributed by atoms with Crippen LogP contribution in [0.3, 0.4) is 0 Å². The maximum absolute atomic E-state index is 11.9. The minimum absolute atomic E-state index is 0.203. The SMILES string of the molecule is COC(=O)N(CCc1ccc(OC)cc1)C1CCCC1. The fraction of sp³-hybridized carbons (Fsp3) is 0.562. The number of methoxy groups -OCH3 is 2. The van der Waals surface area contributed by atoms with Crippen LogP contribution in [0.25, 0.3) is 0 Å². The molecular formula is C16H23NO3. The number of carbonyl (C=O) groups is 1. The first kappa shape index (κ1) is 14.7. The topological polar surface area (TPSA) is 38.8 Å². The summed E-state index contributed by atoms with van der Waals surface area (Å²) in [6.45, 7) is 0.712. The molecule has 0 radical (unpaired) electrons. The van der Waals surface area contributed by atoms with Gasteiger partial charge in [-0.15, -0.1) is 0 Å². The molecular weight excluding hydrogens is 254 g/mol. The summed E-state index contributed by atoms with van der Waals surface area (Å²) in [5.41, 5.74) is 1.21. The van der Waals surface area contributed by atoms with Crippen LogP contribution in [0.4, 0.5) is 4.79 Å². The van der Waals surface area contributed by atoms with Crippen LogP contribution in [0, 0.1) is 0 Å². The fourth-order valence-corrected chi connectivity index (χ4v) is 2.80. The van der Waals surface area contributed by atoms with Crippen LogP contribution in [0.15, 0.2) is 24.3 Å². The van der Waals surface area contributed by atoms with Crippen molar-refractivity contribution in [3.63, 3.8) is 0 Å². The Labute approximate surface area is 120 Å². The number of ether oxygens (including phenoxy) is 2. The van der Waals surface area contributed by atoms with Gasteiger partial charge in [0.1, 0.15) is 5.75 Å². The number of carbonyl (C=O) groups excluding carboxylic acids is 1. The molecule has 0 N–H and O–H groups in total. The molecule has 0 aliphatic heterocycles. The molecule has 0 aromatic heterocycles. The molecule has 0 bridgehead atoms. The van der Waals surface area contributed by atoms with Crippen LogP contribution < -0.4 is 4.74 Å². The van der Waals surface area contributed by atoms with Crippen LogP contribution in [-0.4, -0.2) is 37.8 Å². The van der Waals surface area contributed by atoms with Gasteiger partial charge in [-0.05, 0) is 37.0 Å².